The van der Waals surface area contributed by atoms with Gasteiger partial charge in [0.1, 0.15) is 11.8 Å². The maximum Gasteiger partial charge on any atom is 0.410 e. The van der Waals surface area contributed by atoms with E-state index in [1.807, 2.05) is 52.1 Å². The molecule has 0 aliphatic carbocycles. The zero-order chi connectivity index (χ0) is 18.1. The van der Waals surface area contributed by atoms with E-state index >= 15 is 0 Å². The van der Waals surface area contributed by atoms with Gasteiger partial charge in [0.15, 0.2) is 0 Å². The van der Waals surface area contributed by atoms with Crippen LogP contribution in [-0.2, 0) is 4.74 Å². The number of likely N-dealkylation sites (N-methyl/N-ethyl adjacent to an activating group) is 1. The summed E-state index contributed by atoms with van der Waals surface area (Å²) in [5.41, 5.74) is 7.27. The van der Waals surface area contributed by atoms with Crippen molar-refractivity contribution in [1.82, 2.24) is 9.96 Å². The van der Waals surface area contributed by atoms with E-state index in [-0.39, 0.29) is 12.1 Å². The SMILES string of the molecule is CN(O)C(N)c1ccc(N(C)C2CN(C(=O)OC(C)(C)C)C2)cc1. The number of hydroxylamine groups is 2. The fraction of sp³-hybridized carbons (Fsp3) is 0.588. The van der Waals surface area contributed by atoms with E-state index in [9.17, 15) is 10.0 Å². The third kappa shape index (κ3) is 4.37. The summed E-state index contributed by atoms with van der Waals surface area (Å²) >= 11 is 0. The van der Waals surface area contributed by atoms with Gasteiger partial charge in [-0.3, -0.25) is 0 Å². The maximum absolute atomic E-state index is 12.0. The van der Waals surface area contributed by atoms with Gasteiger partial charge in [0, 0.05) is 32.9 Å². The van der Waals surface area contributed by atoms with Crippen molar-refractivity contribution in [3.05, 3.63) is 29.8 Å². The van der Waals surface area contributed by atoms with Crippen LogP contribution in [0.25, 0.3) is 0 Å². The largest absolute Gasteiger partial charge is 0.444 e. The number of carbonyl (C=O) groups is 1. The Labute approximate surface area is 143 Å². The average Bonchev–Trinajstić information content (AvgIpc) is 2.42. The van der Waals surface area contributed by atoms with Gasteiger partial charge in [0.25, 0.3) is 0 Å². The molecule has 0 saturated carbocycles. The Morgan fingerprint density at radius 1 is 1.29 bits per heavy atom. The second-order valence-electron chi connectivity index (χ2n) is 7.26. The number of carbonyl (C=O) groups excluding carboxylic acids is 1. The highest BCUT2D eigenvalue weighted by Crippen LogP contribution is 2.24. The maximum atomic E-state index is 12.0. The number of benzene rings is 1. The third-order valence-electron chi connectivity index (χ3n) is 4.11. The van der Waals surface area contributed by atoms with Crippen LogP contribution in [0.2, 0.25) is 0 Å². The lowest BCUT2D eigenvalue weighted by Crippen LogP contribution is -2.61. The normalized spacial score (nSPS) is 16.8. The van der Waals surface area contributed by atoms with Gasteiger partial charge in [0.2, 0.25) is 0 Å². The molecule has 1 aliphatic heterocycles. The van der Waals surface area contributed by atoms with Gasteiger partial charge in [-0.1, -0.05) is 12.1 Å². The van der Waals surface area contributed by atoms with E-state index in [1.54, 1.807) is 4.90 Å². The smallest absolute Gasteiger partial charge is 0.410 e. The fourth-order valence-electron chi connectivity index (χ4n) is 2.51. The van der Waals surface area contributed by atoms with Crippen molar-refractivity contribution in [1.29, 1.82) is 0 Å². The lowest BCUT2D eigenvalue weighted by Gasteiger charge is -2.44. The van der Waals surface area contributed by atoms with Crippen molar-refractivity contribution >= 4 is 11.8 Å². The first-order valence-electron chi connectivity index (χ1n) is 8.06. The summed E-state index contributed by atoms with van der Waals surface area (Å²) in [6, 6.07) is 7.99. The first kappa shape index (κ1) is 18.5. The number of hydrogen-bond donors (Lipinski definition) is 2. The van der Waals surface area contributed by atoms with Crippen LogP contribution in [0.15, 0.2) is 24.3 Å². The molecule has 1 amide bonds. The van der Waals surface area contributed by atoms with Gasteiger partial charge in [-0.2, -0.15) is 5.06 Å². The molecule has 1 unspecified atom stereocenters. The van der Waals surface area contributed by atoms with Crippen molar-refractivity contribution < 1.29 is 14.7 Å². The number of hydrogen-bond acceptors (Lipinski definition) is 6. The molecular weight excluding hydrogens is 308 g/mol. The number of nitrogens with zero attached hydrogens (tertiary/aromatic N) is 3. The molecule has 0 radical (unpaired) electrons. The Bertz CT molecular complexity index is 562. The summed E-state index contributed by atoms with van der Waals surface area (Å²) in [6.07, 6.45) is -0.810. The molecule has 0 spiro atoms. The highest BCUT2D eigenvalue weighted by atomic mass is 16.6. The summed E-state index contributed by atoms with van der Waals surface area (Å²) in [5.74, 6) is 0. The standard InChI is InChI=1S/C17H28N4O3/c1-17(2,3)24-16(22)21-10-14(11-21)19(4)13-8-6-12(7-9-13)15(18)20(5)23/h6-9,14-15,23H,10-11,18H2,1-5H3. The summed E-state index contributed by atoms with van der Waals surface area (Å²) in [5, 5.41) is 10.4. The second kappa shape index (κ2) is 6.96. The number of amides is 1. The predicted octanol–water partition coefficient (Wildman–Crippen LogP) is 2.02. The summed E-state index contributed by atoms with van der Waals surface area (Å²) in [7, 11) is 3.52. The van der Waals surface area contributed by atoms with Crippen LogP contribution in [-0.4, -0.2) is 60.1 Å². The molecule has 1 heterocycles. The molecule has 7 nitrogen and oxygen atoms in total. The van der Waals surface area contributed by atoms with E-state index in [0.29, 0.717) is 13.1 Å². The minimum Gasteiger partial charge on any atom is -0.444 e. The van der Waals surface area contributed by atoms with E-state index in [1.165, 1.54) is 7.05 Å². The quantitative estimate of drug-likeness (QED) is 0.647. The summed E-state index contributed by atoms with van der Waals surface area (Å²) < 4.78 is 5.37. The lowest BCUT2D eigenvalue weighted by molar-refractivity contribution is -0.102. The second-order valence-corrected chi connectivity index (χ2v) is 7.26. The van der Waals surface area contributed by atoms with Crippen LogP contribution >= 0.6 is 0 Å². The average molecular weight is 336 g/mol. The monoisotopic (exact) mass is 336 g/mol. The molecular formula is C17H28N4O3. The van der Waals surface area contributed by atoms with Crippen molar-refractivity contribution in [3.63, 3.8) is 0 Å². The molecule has 7 heteroatoms. The Morgan fingerprint density at radius 2 is 1.83 bits per heavy atom. The minimum absolute atomic E-state index is 0.262. The molecule has 1 saturated heterocycles. The molecule has 1 fully saturated rings. The molecule has 0 aromatic heterocycles. The van der Waals surface area contributed by atoms with Crippen LogP contribution in [0.3, 0.4) is 0 Å². The summed E-state index contributed by atoms with van der Waals surface area (Å²) in [4.78, 5) is 15.8. The van der Waals surface area contributed by atoms with Gasteiger partial charge in [-0.25, -0.2) is 4.79 Å². The summed E-state index contributed by atoms with van der Waals surface area (Å²) in [6.45, 7) is 6.89. The van der Waals surface area contributed by atoms with Crippen molar-refractivity contribution in [2.75, 3.05) is 32.1 Å². The van der Waals surface area contributed by atoms with Gasteiger partial charge in [0.05, 0.1) is 6.04 Å². The number of likely N-dealkylation sites (tertiary alicyclic amines) is 1. The van der Waals surface area contributed by atoms with E-state index in [2.05, 4.69) is 4.90 Å². The molecule has 134 valence electrons. The van der Waals surface area contributed by atoms with Gasteiger partial charge < -0.3 is 25.5 Å². The van der Waals surface area contributed by atoms with Gasteiger partial charge in [-0.05, 0) is 38.5 Å². The predicted molar refractivity (Wildman–Crippen MR) is 92.9 cm³/mol. The Balaban J connectivity index is 1.90. The Kier molecular flexibility index (Phi) is 5.37. The molecule has 0 bridgehead atoms. The number of nitrogens with two attached hydrogens (primary N) is 1. The lowest BCUT2D eigenvalue weighted by atomic mass is 10.1. The van der Waals surface area contributed by atoms with Crippen LogP contribution in [0.4, 0.5) is 10.5 Å². The first-order valence-corrected chi connectivity index (χ1v) is 8.06. The topological polar surface area (TPSA) is 82.3 Å². The highest BCUT2D eigenvalue weighted by molar-refractivity contribution is 5.70. The molecule has 1 atom stereocenters. The van der Waals surface area contributed by atoms with Crippen molar-refractivity contribution in [2.24, 2.45) is 5.73 Å². The highest BCUT2D eigenvalue weighted by Gasteiger charge is 2.36. The zero-order valence-electron chi connectivity index (χ0n) is 15.1. The van der Waals surface area contributed by atoms with Crippen LogP contribution in [0.1, 0.15) is 32.5 Å². The zero-order valence-corrected chi connectivity index (χ0v) is 15.1. The van der Waals surface area contributed by atoms with Crippen LogP contribution in [0.5, 0.6) is 0 Å². The van der Waals surface area contributed by atoms with Crippen molar-refractivity contribution in [3.8, 4) is 0 Å². The molecule has 3 N–H and O–H groups in total. The molecule has 1 aromatic carbocycles. The van der Waals surface area contributed by atoms with E-state index in [4.69, 9.17) is 10.5 Å². The number of anilines is 1. The molecule has 24 heavy (non-hydrogen) atoms. The van der Waals surface area contributed by atoms with Crippen LogP contribution < -0.4 is 10.6 Å². The van der Waals surface area contributed by atoms with Crippen molar-refractivity contribution in [2.45, 2.75) is 38.6 Å². The Hall–Kier alpha value is -1.83. The van der Waals surface area contributed by atoms with E-state index in [0.717, 1.165) is 16.3 Å². The number of ether oxygens (including phenoxy) is 1. The molecule has 2 rings (SSSR count). The molecule has 1 aromatic rings. The van der Waals surface area contributed by atoms with Gasteiger partial charge in [-0.15, -0.1) is 0 Å². The number of rotatable bonds is 4. The first-order chi connectivity index (χ1) is 11.1. The van der Waals surface area contributed by atoms with Crippen LogP contribution in [0, 0.1) is 0 Å². The Morgan fingerprint density at radius 3 is 2.29 bits per heavy atom. The fourth-order valence-corrected chi connectivity index (χ4v) is 2.51. The minimum atomic E-state index is -0.546. The van der Waals surface area contributed by atoms with Gasteiger partial charge >= 0.3 is 6.09 Å². The van der Waals surface area contributed by atoms with E-state index < -0.39 is 11.8 Å². The third-order valence-corrected chi connectivity index (χ3v) is 4.11. The molecule has 1 aliphatic rings.